The Hall–Kier alpha value is -6.96. The Bertz CT molecular complexity index is 2920. The van der Waals surface area contributed by atoms with Crippen molar-refractivity contribution in [2.75, 3.05) is 4.90 Å². The van der Waals surface area contributed by atoms with E-state index in [0.717, 1.165) is 17.1 Å². The maximum Gasteiger partial charge on any atom is 0.0714 e. The van der Waals surface area contributed by atoms with Crippen molar-refractivity contribution in [3.8, 4) is 33.4 Å². The topological polar surface area (TPSA) is 3.24 Å². The number of nitrogens with zero attached hydrogens (tertiary/aromatic N) is 1. The average molecular weight is 728 g/mol. The zero-order chi connectivity index (χ0) is 38.1. The van der Waals surface area contributed by atoms with Gasteiger partial charge in [0.2, 0.25) is 0 Å². The molecule has 0 spiro atoms. The van der Waals surface area contributed by atoms with E-state index < -0.39 is 5.41 Å². The van der Waals surface area contributed by atoms with Crippen molar-refractivity contribution in [1.82, 2.24) is 0 Å². The molecule has 0 N–H and O–H groups in total. The average Bonchev–Trinajstić information content (AvgIpc) is 3.69. The number of hydrogen-bond acceptors (Lipinski definition) is 1. The molecule has 0 aromatic heterocycles. The van der Waals surface area contributed by atoms with Gasteiger partial charge in [-0.3, -0.25) is 0 Å². The monoisotopic (exact) mass is 727 g/mol. The zero-order valence-corrected chi connectivity index (χ0v) is 32.2. The molecular formula is C56H41N. The largest absolute Gasteiger partial charge is 0.310 e. The Balaban J connectivity index is 1.15. The summed E-state index contributed by atoms with van der Waals surface area (Å²) >= 11 is 0. The highest BCUT2D eigenvalue weighted by Crippen LogP contribution is 2.58. The molecule has 0 unspecified atom stereocenters. The molecule has 0 heterocycles. The number of hydrogen-bond donors (Lipinski definition) is 0. The summed E-state index contributed by atoms with van der Waals surface area (Å²) in [6.45, 7) is 4.74. The molecule has 2 aliphatic carbocycles. The van der Waals surface area contributed by atoms with Crippen LogP contribution in [-0.2, 0) is 10.8 Å². The van der Waals surface area contributed by atoms with Crippen molar-refractivity contribution in [2.24, 2.45) is 0 Å². The van der Waals surface area contributed by atoms with Gasteiger partial charge in [0.05, 0.1) is 5.41 Å². The van der Waals surface area contributed by atoms with Gasteiger partial charge < -0.3 is 4.90 Å². The third kappa shape index (κ3) is 5.02. The fraction of sp³-hybridized carbons (Fsp3) is 0.0714. The highest BCUT2D eigenvalue weighted by Gasteiger charge is 2.46. The molecule has 0 amide bonds. The summed E-state index contributed by atoms with van der Waals surface area (Å²) in [4.78, 5) is 2.46. The summed E-state index contributed by atoms with van der Waals surface area (Å²) in [5.41, 5.74) is 18.3. The van der Waals surface area contributed by atoms with Crippen LogP contribution in [0.3, 0.4) is 0 Å². The second-order valence-electron chi connectivity index (χ2n) is 16.1. The molecule has 0 atom stereocenters. The molecule has 0 saturated heterocycles. The third-order valence-corrected chi connectivity index (χ3v) is 12.7. The van der Waals surface area contributed by atoms with E-state index in [-0.39, 0.29) is 5.41 Å². The van der Waals surface area contributed by atoms with E-state index in [4.69, 9.17) is 0 Å². The van der Waals surface area contributed by atoms with Gasteiger partial charge in [-0.1, -0.05) is 178 Å². The molecule has 0 fully saturated rings. The van der Waals surface area contributed by atoms with Gasteiger partial charge in [-0.2, -0.15) is 0 Å². The normalized spacial score (nSPS) is 14.1. The minimum Gasteiger partial charge on any atom is -0.310 e. The van der Waals surface area contributed by atoms with Crippen molar-refractivity contribution in [1.29, 1.82) is 0 Å². The van der Waals surface area contributed by atoms with Crippen LogP contribution >= 0.6 is 0 Å². The zero-order valence-electron chi connectivity index (χ0n) is 32.2. The smallest absolute Gasteiger partial charge is 0.0714 e. The SMILES string of the molecule is CC1(C)c2ccc(N(c3ccc(-c4ccccc4)cc3)c3ccc4c(c3)C(c3ccccc3)(c3ccccc3)c3ccccc3-4)cc2-c2cc3ccccc3cc21. The summed E-state index contributed by atoms with van der Waals surface area (Å²) in [6.07, 6.45) is 0. The van der Waals surface area contributed by atoms with Crippen LogP contribution in [0.25, 0.3) is 44.2 Å². The summed E-state index contributed by atoms with van der Waals surface area (Å²) in [5.74, 6) is 0. The maximum absolute atomic E-state index is 2.47. The quantitative estimate of drug-likeness (QED) is 0.165. The Morgan fingerprint density at radius 1 is 0.316 bits per heavy atom. The molecule has 9 aromatic carbocycles. The molecule has 0 saturated carbocycles. The lowest BCUT2D eigenvalue weighted by molar-refractivity contribution is 0.661. The van der Waals surface area contributed by atoms with Gasteiger partial charge in [-0.05, 0) is 126 Å². The highest BCUT2D eigenvalue weighted by atomic mass is 15.1. The molecule has 57 heavy (non-hydrogen) atoms. The summed E-state index contributed by atoms with van der Waals surface area (Å²) in [7, 11) is 0. The van der Waals surface area contributed by atoms with Crippen molar-refractivity contribution in [3.63, 3.8) is 0 Å². The molecule has 0 aliphatic heterocycles. The van der Waals surface area contributed by atoms with Crippen LogP contribution in [0.2, 0.25) is 0 Å². The summed E-state index contributed by atoms with van der Waals surface area (Å²) in [6, 6.07) is 78.8. The third-order valence-electron chi connectivity index (χ3n) is 12.7. The lowest BCUT2D eigenvalue weighted by Gasteiger charge is -2.35. The predicted octanol–water partition coefficient (Wildman–Crippen LogP) is 14.6. The van der Waals surface area contributed by atoms with Gasteiger partial charge in [-0.15, -0.1) is 0 Å². The first-order valence-electron chi connectivity index (χ1n) is 20.0. The highest BCUT2D eigenvalue weighted by molar-refractivity contribution is 5.96. The second-order valence-corrected chi connectivity index (χ2v) is 16.1. The minimum atomic E-state index is -0.491. The van der Waals surface area contributed by atoms with E-state index >= 15 is 0 Å². The van der Waals surface area contributed by atoms with E-state index in [1.165, 1.54) is 77.5 Å². The Labute approximate surface area is 335 Å². The van der Waals surface area contributed by atoms with Crippen molar-refractivity contribution in [3.05, 3.63) is 246 Å². The van der Waals surface area contributed by atoms with Crippen LogP contribution in [0, 0.1) is 0 Å². The molecule has 0 bridgehead atoms. The number of benzene rings is 9. The molecule has 1 heteroatoms. The molecule has 1 nitrogen and oxygen atoms in total. The summed E-state index contributed by atoms with van der Waals surface area (Å²) in [5, 5.41) is 2.56. The van der Waals surface area contributed by atoms with Crippen molar-refractivity contribution in [2.45, 2.75) is 24.7 Å². The summed E-state index contributed by atoms with van der Waals surface area (Å²) < 4.78 is 0. The first-order chi connectivity index (χ1) is 28.0. The minimum absolute atomic E-state index is 0.111. The molecule has 2 aliphatic rings. The van der Waals surface area contributed by atoms with E-state index in [9.17, 15) is 0 Å². The Morgan fingerprint density at radius 3 is 1.53 bits per heavy atom. The molecular weight excluding hydrogens is 687 g/mol. The second kappa shape index (κ2) is 12.8. The molecule has 11 rings (SSSR count). The van der Waals surface area contributed by atoms with E-state index in [2.05, 4.69) is 231 Å². The number of rotatable bonds is 6. The van der Waals surface area contributed by atoms with Crippen molar-refractivity contribution >= 4 is 27.8 Å². The molecule has 9 aromatic rings. The van der Waals surface area contributed by atoms with Gasteiger partial charge in [0.15, 0.2) is 0 Å². The lowest BCUT2D eigenvalue weighted by Crippen LogP contribution is -2.28. The Kier molecular flexibility index (Phi) is 7.50. The van der Waals surface area contributed by atoms with Crippen LogP contribution in [0.5, 0.6) is 0 Å². The van der Waals surface area contributed by atoms with Gasteiger partial charge in [0, 0.05) is 22.5 Å². The van der Waals surface area contributed by atoms with Crippen molar-refractivity contribution < 1.29 is 0 Å². The van der Waals surface area contributed by atoms with Crippen LogP contribution in [0.1, 0.15) is 47.2 Å². The van der Waals surface area contributed by atoms with E-state index in [1.54, 1.807) is 0 Å². The first-order valence-corrected chi connectivity index (χ1v) is 20.0. The standard InChI is InChI=1S/C56H41N/c1-55(2)51-33-31-45(36-50(51)49-34-40-18-12-13-19-41(40)35-53(49)55)57(44-28-26-39(27-29-44)38-16-6-3-7-17-38)46-30-32-48-47-24-14-15-25-52(47)56(54(48)37-46,42-20-8-4-9-21-42)43-22-10-5-11-23-43/h3-37H,1-2H3. The Morgan fingerprint density at radius 2 is 0.825 bits per heavy atom. The van der Waals surface area contributed by atoms with Gasteiger partial charge in [0.25, 0.3) is 0 Å². The number of fused-ring (bicyclic) bond motifs is 7. The lowest BCUT2D eigenvalue weighted by atomic mass is 9.67. The van der Waals surface area contributed by atoms with Crippen LogP contribution < -0.4 is 4.90 Å². The van der Waals surface area contributed by atoms with E-state index in [1.807, 2.05) is 0 Å². The van der Waals surface area contributed by atoms with Crippen LogP contribution in [0.15, 0.2) is 212 Å². The van der Waals surface area contributed by atoms with Gasteiger partial charge >= 0.3 is 0 Å². The van der Waals surface area contributed by atoms with E-state index in [0.29, 0.717) is 0 Å². The fourth-order valence-electron chi connectivity index (χ4n) is 10.0. The van der Waals surface area contributed by atoms with Crippen LogP contribution in [0.4, 0.5) is 17.1 Å². The molecule has 0 radical (unpaired) electrons. The van der Waals surface area contributed by atoms with Gasteiger partial charge in [0.1, 0.15) is 0 Å². The van der Waals surface area contributed by atoms with Gasteiger partial charge in [-0.25, -0.2) is 0 Å². The fourth-order valence-corrected chi connectivity index (χ4v) is 10.0. The predicted molar refractivity (Wildman–Crippen MR) is 239 cm³/mol. The first kappa shape index (κ1) is 33.4. The maximum atomic E-state index is 2.47. The number of anilines is 3. The molecule has 270 valence electrons. The van der Waals surface area contributed by atoms with Crippen LogP contribution in [-0.4, -0.2) is 0 Å².